The summed E-state index contributed by atoms with van der Waals surface area (Å²) < 4.78 is 13.1. The first-order valence-corrected chi connectivity index (χ1v) is 9.03. The van der Waals surface area contributed by atoms with Gasteiger partial charge in [0.25, 0.3) is 5.91 Å². The van der Waals surface area contributed by atoms with Crippen molar-refractivity contribution in [3.8, 4) is 11.1 Å². The zero-order valence-corrected chi connectivity index (χ0v) is 15.6. The number of amides is 1. The van der Waals surface area contributed by atoms with E-state index in [0.717, 1.165) is 47.7 Å². The summed E-state index contributed by atoms with van der Waals surface area (Å²) in [6.07, 6.45) is 3.90. The van der Waals surface area contributed by atoms with E-state index >= 15 is 0 Å². The molecule has 2 aromatic carbocycles. The Labute approximate surface area is 165 Å². The summed E-state index contributed by atoms with van der Waals surface area (Å²) in [5, 5.41) is 4.06. The van der Waals surface area contributed by atoms with E-state index in [-0.39, 0.29) is 37.6 Å². The van der Waals surface area contributed by atoms with Crippen LogP contribution in [0.5, 0.6) is 0 Å². The molecule has 0 radical (unpaired) electrons. The summed E-state index contributed by atoms with van der Waals surface area (Å²) in [5.74, 6) is -0.347. The monoisotopic (exact) mass is 387 g/mol. The van der Waals surface area contributed by atoms with Crippen LogP contribution in [-0.2, 0) is 0 Å². The fraction of sp³-hybridized carbons (Fsp3) is 0.286. The molecule has 4 nitrogen and oxygen atoms in total. The van der Waals surface area contributed by atoms with Gasteiger partial charge in [0, 0.05) is 23.0 Å². The highest BCUT2D eigenvalue weighted by molar-refractivity contribution is 5.99. The average Bonchev–Trinajstić information content (AvgIpc) is 3.06. The molecule has 2 unspecified atom stereocenters. The first-order chi connectivity index (χ1) is 12.6. The minimum atomic E-state index is -0.254. The second-order valence-electron chi connectivity index (χ2n) is 7.09. The number of nitrogens with one attached hydrogen (secondary N) is 2. The first kappa shape index (κ1) is 19.4. The zero-order valence-electron chi connectivity index (χ0n) is 15.8. The predicted molar refractivity (Wildman–Crippen MR) is 103 cm³/mol. The fourth-order valence-electron chi connectivity index (χ4n) is 3.69. The number of nitrogens with two attached hydrogens (primary N) is 1. The van der Waals surface area contributed by atoms with Crippen LogP contribution < -0.4 is 23.5 Å². The van der Waals surface area contributed by atoms with Gasteiger partial charge in [-0.15, -0.1) is 0 Å². The molecular weight excluding hydrogens is 365 g/mol. The van der Waals surface area contributed by atoms with Crippen LogP contribution >= 0.6 is 0 Å². The van der Waals surface area contributed by atoms with Crippen LogP contribution in [-0.4, -0.2) is 23.0 Å². The number of fused-ring (bicyclic) bond motifs is 1. The van der Waals surface area contributed by atoms with Crippen molar-refractivity contribution < 1.29 is 23.0 Å². The lowest BCUT2D eigenvalue weighted by Gasteiger charge is -2.27. The minimum absolute atomic E-state index is 0. The van der Waals surface area contributed by atoms with Crippen molar-refractivity contribution in [2.24, 2.45) is 5.73 Å². The Bertz CT molecular complexity index is 944. The van der Waals surface area contributed by atoms with Crippen LogP contribution in [0.2, 0.25) is 0 Å². The third-order valence-corrected chi connectivity index (χ3v) is 5.09. The molecule has 0 bridgehead atoms. The summed E-state index contributed by atoms with van der Waals surface area (Å²) in [6, 6.07) is 14.5. The van der Waals surface area contributed by atoms with Gasteiger partial charge < -0.3 is 28.4 Å². The van der Waals surface area contributed by atoms with Crippen LogP contribution in [0, 0.1) is 5.82 Å². The average molecular weight is 388 g/mol. The largest absolute Gasteiger partial charge is 1.00 e. The van der Waals surface area contributed by atoms with Crippen LogP contribution in [0.25, 0.3) is 22.0 Å². The summed E-state index contributed by atoms with van der Waals surface area (Å²) in [7, 11) is 0. The van der Waals surface area contributed by atoms with Gasteiger partial charge in [0.05, 0.1) is 0 Å². The number of aromatic nitrogens is 1. The summed E-state index contributed by atoms with van der Waals surface area (Å²) in [6.45, 7) is 0. The van der Waals surface area contributed by atoms with E-state index in [1.165, 1.54) is 12.1 Å². The van der Waals surface area contributed by atoms with Crippen molar-refractivity contribution in [2.45, 2.75) is 37.8 Å². The van der Waals surface area contributed by atoms with Crippen LogP contribution in [0.15, 0.2) is 48.5 Å². The Morgan fingerprint density at radius 1 is 1.11 bits per heavy atom. The van der Waals surface area contributed by atoms with Crippen LogP contribution in [0.4, 0.5) is 4.39 Å². The molecule has 0 saturated heterocycles. The van der Waals surface area contributed by atoms with E-state index in [1.54, 1.807) is 12.1 Å². The molecule has 4 N–H and O–H groups in total. The summed E-state index contributed by atoms with van der Waals surface area (Å²) in [4.78, 5) is 15.8. The Hall–Kier alpha value is -2.37. The highest BCUT2D eigenvalue weighted by Gasteiger charge is 2.21. The second-order valence-corrected chi connectivity index (χ2v) is 7.09. The van der Waals surface area contributed by atoms with Gasteiger partial charge in [0.2, 0.25) is 0 Å². The van der Waals surface area contributed by atoms with Crippen LogP contribution in [0.3, 0.4) is 0 Å². The molecule has 3 aromatic rings. The summed E-state index contributed by atoms with van der Waals surface area (Å²) in [5.41, 5.74) is 9.35. The van der Waals surface area contributed by atoms with Gasteiger partial charge in [-0.2, -0.15) is 0 Å². The standard InChI is InChI=1S/C21H22FN3O.ClH/c22-16-8-6-13(7-9-16)14-4-5-15-11-20(25-19(15)10-14)21(26)24-18-3-1-2-17(23)12-18;/h4-11,17-18,25H,1-3,12,23H2,(H,24,26);1H. The van der Waals surface area contributed by atoms with Crippen molar-refractivity contribution in [1.29, 1.82) is 0 Å². The van der Waals surface area contributed by atoms with Crippen molar-refractivity contribution >= 4 is 16.8 Å². The van der Waals surface area contributed by atoms with Crippen molar-refractivity contribution in [3.05, 3.63) is 60.0 Å². The fourth-order valence-corrected chi connectivity index (χ4v) is 3.69. The predicted octanol–water partition coefficient (Wildman–Crippen LogP) is 1.09. The Balaban J connectivity index is 0.00000140. The maximum atomic E-state index is 13.1. The van der Waals surface area contributed by atoms with E-state index in [0.29, 0.717) is 5.69 Å². The molecule has 1 amide bonds. The van der Waals surface area contributed by atoms with Crippen molar-refractivity contribution in [1.82, 2.24) is 10.3 Å². The van der Waals surface area contributed by atoms with Gasteiger partial charge in [-0.1, -0.05) is 24.3 Å². The lowest BCUT2D eigenvalue weighted by molar-refractivity contribution is -0.0000151. The minimum Gasteiger partial charge on any atom is -1.00 e. The molecule has 0 spiro atoms. The zero-order chi connectivity index (χ0) is 18.1. The molecule has 1 heterocycles. The molecule has 1 aliphatic carbocycles. The quantitative estimate of drug-likeness (QED) is 0.629. The molecule has 1 fully saturated rings. The molecule has 6 heteroatoms. The topological polar surface area (TPSA) is 70.9 Å². The van der Waals surface area contributed by atoms with E-state index in [4.69, 9.17) is 5.73 Å². The molecule has 27 heavy (non-hydrogen) atoms. The van der Waals surface area contributed by atoms with Gasteiger partial charge in [-0.3, -0.25) is 4.79 Å². The molecule has 2 atom stereocenters. The molecule has 1 saturated carbocycles. The second kappa shape index (κ2) is 8.11. The van der Waals surface area contributed by atoms with E-state index in [1.807, 2.05) is 24.3 Å². The molecule has 1 aliphatic rings. The highest BCUT2D eigenvalue weighted by atomic mass is 35.5. The lowest BCUT2D eigenvalue weighted by Crippen LogP contribution is -3.00. The third kappa shape index (κ3) is 4.31. The smallest absolute Gasteiger partial charge is 1.00 e. The number of hydrogen-bond donors (Lipinski definition) is 3. The van der Waals surface area contributed by atoms with Gasteiger partial charge >= 0.3 is 1.43 Å². The third-order valence-electron chi connectivity index (χ3n) is 5.09. The van der Waals surface area contributed by atoms with Gasteiger partial charge in [0.1, 0.15) is 11.5 Å². The molecule has 142 valence electrons. The molecule has 1 aromatic heterocycles. The number of benzene rings is 2. The number of halogens is 2. The van der Waals surface area contributed by atoms with Gasteiger partial charge in [0.15, 0.2) is 0 Å². The SMILES string of the molecule is NC1CCCC(NC(=O)c2cc3ccc(-c4ccc(F)cc4)cc3[nH]2)C1.[Cl-].[H+]. The van der Waals surface area contributed by atoms with Gasteiger partial charge in [-0.05, 0) is 61.1 Å². The van der Waals surface area contributed by atoms with Crippen molar-refractivity contribution in [3.63, 3.8) is 0 Å². The maximum Gasteiger partial charge on any atom is 1.00 e. The number of carbonyl (C=O) groups excluding carboxylic acids is 1. The number of aromatic amines is 1. The van der Waals surface area contributed by atoms with E-state index in [2.05, 4.69) is 10.3 Å². The van der Waals surface area contributed by atoms with E-state index in [9.17, 15) is 9.18 Å². The molecule has 4 rings (SSSR count). The van der Waals surface area contributed by atoms with Gasteiger partial charge in [-0.25, -0.2) is 4.39 Å². The number of hydrogen-bond acceptors (Lipinski definition) is 2. The lowest BCUT2D eigenvalue weighted by atomic mass is 9.91. The molecule has 0 aliphatic heterocycles. The number of H-pyrrole nitrogens is 1. The Kier molecular flexibility index (Phi) is 5.82. The molecular formula is C21H23ClFN3O. The van der Waals surface area contributed by atoms with Crippen molar-refractivity contribution in [2.75, 3.05) is 0 Å². The summed E-state index contributed by atoms with van der Waals surface area (Å²) >= 11 is 0. The van der Waals surface area contributed by atoms with E-state index < -0.39 is 0 Å². The highest BCUT2D eigenvalue weighted by Crippen LogP contribution is 2.25. The number of carbonyl (C=O) groups is 1. The maximum absolute atomic E-state index is 13.1. The normalized spacial score (nSPS) is 19.5. The Morgan fingerprint density at radius 3 is 2.59 bits per heavy atom. The first-order valence-electron chi connectivity index (χ1n) is 9.03. The van der Waals surface area contributed by atoms with Crippen LogP contribution in [0.1, 0.15) is 37.6 Å². The Morgan fingerprint density at radius 2 is 1.85 bits per heavy atom. The number of rotatable bonds is 3.